The zero-order valence-electron chi connectivity index (χ0n) is 12.4. The molecule has 2 unspecified atom stereocenters. The molecule has 0 amide bonds. The van der Waals surface area contributed by atoms with Crippen LogP contribution in [0.3, 0.4) is 0 Å². The lowest BCUT2D eigenvalue weighted by Crippen LogP contribution is -2.10. The predicted molar refractivity (Wildman–Crippen MR) is 78.7 cm³/mol. The van der Waals surface area contributed by atoms with Crippen LogP contribution in [-0.4, -0.2) is 12.8 Å². The molecule has 2 N–H and O–H groups in total. The fourth-order valence-electron chi connectivity index (χ4n) is 1.97. The number of rotatable bonds is 6. The Morgan fingerprint density at radius 1 is 1.38 bits per heavy atom. The first-order chi connectivity index (χ1) is 9.57. The molecule has 0 aromatic heterocycles. The molecule has 0 bridgehead atoms. The van der Waals surface area contributed by atoms with Crippen molar-refractivity contribution in [2.45, 2.75) is 39.0 Å². The van der Waals surface area contributed by atoms with E-state index >= 15 is 0 Å². The van der Waals surface area contributed by atoms with E-state index in [1.807, 2.05) is 6.92 Å². The van der Waals surface area contributed by atoms with Gasteiger partial charge in [0.1, 0.15) is 0 Å². The van der Waals surface area contributed by atoms with Crippen molar-refractivity contribution in [3.8, 4) is 0 Å². The lowest BCUT2D eigenvalue weighted by atomic mass is 10.1. The maximum atomic E-state index is 12.8. The third-order valence-electron chi connectivity index (χ3n) is 3.15. The standard InChI is InChI=1S/C14H21F3NO2P/c1-4-5-8-21(3,19)20-10(2)11-6-7-13(18)12(9-11)14(15,16)17/h6-7,9-10H,4-5,8,18H2,1-3H3. The molecule has 0 saturated carbocycles. The molecule has 0 aliphatic rings. The molecule has 1 aromatic carbocycles. The van der Waals surface area contributed by atoms with Gasteiger partial charge in [-0.1, -0.05) is 19.4 Å². The summed E-state index contributed by atoms with van der Waals surface area (Å²) in [4.78, 5) is 0. The Morgan fingerprint density at radius 3 is 2.52 bits per heavy atom. The molecule has 120 valence electrons. The highest BCUT2D eigenvalue weighted by molar-refractivity contribution is 7.58. The number of nitrogens with two attached hydrogens (primary N) is 1. The van der Waals surface area contributed by atoms with Crippen molar-refractivity contribution < 1.29 is 22.3 Å². The largest absolute Gasteiger partial charge is 0.418 e. The van der Waals surface area contributed by atoms with Crippen molar-refractivity contribution in [2.75, 3.05) is 18.6 Å². The van der Waals surface area contributed by atoms with Gasteiger partial charge < -0.3 is 10.3 Å². The highest BCUT2D eigenvalue weighted by atomic mass is 31.2. The molecule has 0 radical (unpaired) electrons. The third kappa shape index (κ3) is 5.36. The Morgan fingerprint density at radius 2 is 2.00 bits per heavy atom. The fourth-order valence-corrected chi connectivity index (χ4v) is 3.75. The highest BCUT2D eigenvalue weighted by Gasteiger charge is 2.33. The molecular formula is C14H21F3NO2P. The molecule has 0 spiro atoms. The molecule has 2 atom stereocenters. The van der Waals surface area contributed by atoms with Crippen molar-refractivity contribution in [1.82, 2.24) is 0 Å². The lowest BCUT2D eigenvalue weighted by Gasteiger charge is -2.21. The van der Waals surface area contributed by atoms with Crippen LogP contribution in [0.5, 0.6) is 0 Å². The summed E-state index contributed by atoms with van der Waals surface area (Å²) in [5.74, 6) is 0. The smallest absolute Gasteiger partial charge is 0.398 e. The van der Waals surface area contributed by atoms with Crippen LogP contribution in [-0.2, 0) is 15.3 Å². The Hall–Kier alpha value is -1.00. The van der Waals surface area contributed by atoms with Gasteiger partial charge in [-0.25, -0.2) is 0 Å². The molecule has 0 heterocycles. The number of alkyl halides is 3. The minimum atomic E-state index is -4.52. The Labute approximate surface area is 123 Å². The molecule has 1 rings (SSSR count). The quantitative estimate of drug-likeness (QED) is 0.587. The summed E-state index contributed by atoms with van der Waals surface area (Å²) < 4.78 is 56.2. The summed E-state index contributed by atoms with van der Waals surface area (Å²) in [6, 6.07) is 3.62. The van der Waals surface area contributed by atoms with Crippen molar-refractivity contribution in [1.29, 1.82) is 0 Å². The number of anilines is 1. The van der Waals surface area contributed by atoms with Crippen molar-refractivity contribution in [2.24, 2.45) is 0 Å². The number of benzene rings is 1. The van der Waals surface area contributed by atoms with Gasteiger partial charge in [0.2, 0.25) is 7.37 Å². The SMILES string of the molecule is CCCCP(C)(=O)OC(C)c1ccc(N)c(C(F)(F)F)c1. The van der Waals surface area contributed by atoms with Gasteiger partial charge in [-0.2, -0.15) is 13.2 Å². The predicted octanol–water partition coefficient (Wildman–Crippen LogP) is 5.07. The van der Waals surface area contributed by atoms with Gasteiger partial charge in [0.15, 0.2) is 0 Å². The van der Waals surface area contributed by atoms with Crippen LogP contribution in [0, 0.1) is 0 Å². The normalized spacial score (nSPS) is 16.5. The van der Waals surface area contributed by atoms with Crippen molar-refractivity contribution in [3.05, 3.63) is 29.3 Å². The van der Waals surface area contributed by atoms with Crippen LogP contribution < -0.4 is 5.73 Å². The monoisotopic (exact) mass is 323 g/mol. The van der Waals surface area contributed by atoms with Gasteiger partial charge in [0.05, 0.1) is 11.7 Å². The van der Waals surface area contributed by atoms with Gasteiger partial charge in [0.25, 0.3) is 0 Å². The number of halogens is 3. The summed E-state index contributed by atoms with van der Waals surface area (Å²) in [7, 11) is -2.81. The first kappa shape index (κ1) is 18.1. The number of hydrogen-bond acceptors (Lipinski definition) is 3. The molecule has 0 saturated heterocycles. The van der Waals surface area contributed by atoms with E-state index in [0.29, 0.717) is 11.7 Å². The molecule has 0 fully saturated rings. The van der Waals surface area contributed by atoms with Crippen LogP contribution >= 0.6 is 7.37 Å². The minimum Gasteiger partial charge on any atom is -0.398 e. The van der Waals surface area contributed by atoms with Crippen LogP contribution in [0.4, 0.5) is 18.9 Å². The minimum absolute atomic E-state index is 0.315. The van der Waals surface area contributed by atoms with E-state index in [1.54, 1.807) is 6.92 Å². The maximum Gasteiger partial charge on any atom is 0.418 e. The zero-order chi connectivity index (χ0) is 16.3. The Bertz CT molecular complexity index is 531. The number of unbranched alkanes of at least 4 members (excludes halogenated alkanes) is 1. The molecule has 21 heavy (non-hydrogen) atoms. The number of nitrogen functional groups attached to an aromatic ring is 1. The molecule has 3 nitrogen and oxygen atoms in total. The summed E-state index contributed by atoms with van der Waals surface area (Å²) in [6.45, 7) is 5.08. The van der Waals surface area contributed by atoms with Gasteiger partial charge in [-0.05, 0) is 31.0 Å². The molecule has 1 aromatic rings. The first-order valence-electron chi connectivity index (χ1n) is 6.78. The topological polar surface area (TPSA) is 52.3 Å². The van der Waals surface area contributed by atoms with E-state index in [0.717, 1.165) is 18.9 Å². The van der Waals surface area contributed by atoms with Crippen LogP contribution in [0.1, 0.15) is 43.9 Å². The average molecular weight is 323 g/mol. The van der Waals surface area contributed by atoms with Gasteiger partial charge >= 0.3 is 6.18 Å². The van der Waals surface area contributed by atoms with E-state index in [1.165, 1.54) is 18.8 Å². The highest BCUT2D eigenvalue weighted by Crippen LogP contribution is 2.48. The van der Waals surface area contributed by atoms with Crippen LogP contribution in [0.2, 0.25) is 0 Å². The van der Waals surface area contributed by atoms with E-state index < -0.39 is 25.2 Å². The van der Waals surface area contributed by atoms with Crippen molar-refractivity contribution >= 4 is 13.1 Å². The van der Waals surface area contributed by atoms with Gasteiger partial charge in [-0.15, -0.1) is 0 Å². The second-order valence-corrected chi connectivity index (χ2v) is 7.87. The van der Waals surface area contributed by atoms with Gasteiger partial charge in [0, 0.05) is 18.5 Å². The number of hydrogen-bond donors (Lipinski definition) is 1. The molecule has 0 aliphatic carbocycles. The third-order valence-corrected chi connectivity index (χ3v) is 5.04. The summed E-state index contributed by atoms with van der Waals surface area (Å²) in [6.07, 6.45) is -3.13. The molecule has 7 heteroatoms. The Balaban J connectivity index is 2.93. The maximum absolute atomic E-state index is 12.8. The Kier molecular flexibility index (Phi) is 5.88. The lowest BCUT2D eigenvalue weighted by molar-refractivity contribution is -0.137. The van der Waals surface area contributed by atoms with Crippen LogP contribution in [0.15, 0.2) is 18.2 Å². The van der Waals surface area contributed by atoms with E-state index in [-0.39, 0.29) is 5.69 Å². The van der Waals surface area contributed by atoms with E-state index in [9.17, 15) is 17.7 Å². The average Bonchev–Trinajstić information content (AvgIpc) is 2.35. The fraction of sp³-hybridized carbons (Fsp3) is 0.571. The van der Waals surface area contributed by atoms with Crippen molar-refractivity contribution in [3.63, 3.8) is 0 Å². The van der Waals surface area contributed by atoms with E-state index in [4.69, 9.17) is 10.3 Å². The molecule has 0 aliphatic heterocycles. The molecular weight excluding hydrogens is 302 g/mol. The second kappa shape index (κ2) is 6.84. The first-order valence-corrected chi connectivity index (χ1v) is 9.04. The summed E-state index contributed by atoms with van der Waals surface area (Å²) in [5.41, 5.74) is 4.44. The summed E-state index contributed by atoms with van der Waals surface area (Å²) >= 11 is 0. The zero-order valence-corrected chi connectivity index (χ0v) is 13.3. The van der Waals surface area contributed by atoms with Crippen LogP contribution in [0.25, 0.3) is 0 Å². The summed E-state index contributed by atoms with van der Waals surface area (Å²) in [5, 5.41) is 0. The van der Waals surface area contributed by atoms with E-state index in [2.05, 4.69) is 0 Å². The van der Waals surface area contributed by atoms with Gasteiger partial charge in [-0.3, -0.25) is 4.57 Å². The second-order valence-electron chi connectivity index (χ2n) is 5.18.